The van der Waals surface area contributed by atoms with Crippen molar-refractivity contribution >= 4 is 17.9 Å². The van der Waals surface area contributed by atoms with Gasteiger partial charge in [0.2, 0.25) is 0 Å². The molecule has 0 N–H and O–H groups in total. The molecule has 1 heteroatoms. The molecule has 5 rings (SSSR count). The third-order valence-electron chi connectivity index (χ3n) is 6.17. The van der Waals surface area contributed by atoms with E-state index in [0.717, 1.165) is 0 Å². The van der Waals surface area contributed by atoms with E-state index in [1.807, 2.05) is 0 Å². The van der Waals surface area contributed by atoms with Crippen LogP contribution in [0.4, 0.5) is 0 Å². The van der Waals surface area contributed by atoms with E-state index >= 15 is 0 Å². The maximum atomic E-state index is 2.37. The van der Waals surface area contributed by atoms with E-state index in [1.54, 1.807) is 0 Å². The summed E-state index contributed by atoms with van der Waals surface area (Å²) < 4.78 is 0. The largest absolute Gasteiger partial charge is 0.109 e. The minimum absolute atomic E-state index is 0.573. The first-order valence-corrected chi connectivity index (χ1v) is 11.9. The molecular formula is C27H24P+. The lowest BCUT2D eigenvalue weighted by molar-refractivity contribution is 0.682. The molecule has 0 aromatic heterocycles. The van der Waals surface area contributed by atoms with Crippen molar-refractivity contribution in [2.75, 3.05) is 0 Å². The van der Waals surface area contributed by atoms with Crippen LogP contribution in [0.3, 0.4) is 0 Å². The molecule has 0 spiro atoms. The van der Waals surface area contributed by atoms with Crippen LogP contribution in [0.2, 0.25) is 0 Å². The maximum absolute atomic E-state index is 2.37. The number of hydrogen-bond donors (Lipinski definition) is 0. The van der Waals surface area contributed by atoms with E-state index in [-0.39, 0.29) is 0 Å². The number of benzene rings is 4. The van der Waals surface area contributed by atoms with Crippen LogP contribution in [0.5, 0.6) is 0 Å². The molecule has 28 heavy (non-hydrogen) atoms. The zero-order chi connectivity index (χ0) is 18.8. The van der Waals surface area contributed by atoms with E-state index in [4.69, 9.17) is 0 Å². The van der Waals surface area contributed by atoms with Gasteiger partial charge >= 0.3 is 0 Å². The van der Waals surface area contributed by atoms with E-state index < -0.39 is 7.26 Å². The molecule has 0 nitrogen and oxygen atoms in total. The summed E-state index contributed by atoms with van der Waals surface area (Å²) in [7, 11) is -1.64. The normalized spacial score (nSPS) is 20.3. The van der Waals surface area contributed by atoms with Crippen LogP contribution >= 0.6 is 7.26 Å². The third-order valence-corrected chi connectivity index (χ3v) is 11.5. The van der Waals surface area contributed by atoms with Gasteiger partial charge in [-0.25, -0.2) is 0 Å². The standard InChI is InChI=1S/C27H24P/c1-5-13-22(14-6-1)26-21-27(23-15-7-2-8-16-23)28(26,24-17-9-3-10-18-24)25-19-11-4-12-20-25/h1-20,26-27H,21H2/q+1. The molecule has 0 radical (unpaired) electrons. The quantitative estimate of drug-likeness (QED) is 0.353. The summed E-state index contributed by atoms with van der Waals surface area (Å²) >= 11 is 0. The zero-order valence-electron chi connectivity index (χ0n) is 15.9. The van der Waals surface area contributed by atoms with E-state index in [0.29, 0.717) is 11.3 Å². The van der Waals surface area contributed by atoms with Gasteiger partial charge in [0, 0.05) is 6.42 Å². The smallest absolute Gasteiger partial charge is 0.0622 e. The summed E-state index contributed by atoms with van der Waals surface area (Å²) in [5.41, 5.74) is 4.11. The molecule has 4 aromatic carbocycles. The third kappa shape index (κ3) is 2.72. The second-order valence-electron chi connectivity index (χ2n) is 7.54. The first-order valence-electron chi connectivity index (χ1n) is 10.0. The lowest BCUT2D eigenvalue weighted by atomic mass is 10.0. The van der Waals surface area contributed by atoms with E-state index in [1.165, 1.54) is 28.2 Å². The molecule has 1 aliphatic rings. The molecule has 0 aliphatic carbocycles. The highest BCUT2D eigenvalue weighted by Crippen LogP contribution is 2.87. The predicted molar refractivity (Wildman–Crippen MR) is 122 cm³/mol. The van der Waals surface area contributed by atoms with Gasteiger partial charge < -0.3 is 0 Å². The minimum atomic E-state index is -1.64. The van der Waals surface area contributed by atoms with Crippen molar-refractivity contribution < 1.29 is 0 Å². The van der Waals surface area contributed by atoms with Crippen molar-refractivity contribution in [1.29, 1.82) is 0 Å². The molecule has 0 amide bonds. The van der Waals surface area contributed by atoms with Crippen molar-refractivity contribution in [3.05, 3.63) is 132 Å². The van der Waals surface area contributed by atoms with Gasteiger partial charge in [-0.2, -0.15) is 0 Å². The topological polar surface area (TPSA) is 0 Å². The SMILES string of the molecule is c1ccc(C2CC(c3ccccc3)[P+]2(c2ccccc2)c2ccccc2)cc1. The first kappa shape index (κ1) is 17.4. The molecule has 136 valence electrons. The average Bonchev–Trinajstić information content (AvgIpc) is 2.77. The summed E-state index contributed by atoms with van der Waals surface area (Å²) in [4.78, 5) is 0. The Morgan fingerprint density at radius 3 is 1.11 bits per heavy atom. The molecule has 2 unspecified atom stereocenters. The van der Waals surface area contributed by atoms with Crippen LogP contribution in [-0.2, 0) is 0 Å². The van der Waals surface area contributed by atoms with Crippen molar-refractivity contribution in [3.8, 4) is 0 Å². The monoisotopic (exact) mass is 379 g/mol. The van der Waals surface area contributed by atoms with Crippen LogP contribution < -0.4 is 10.6 Å². The van der Waals surface area contributed by atoms with Gasteiger partial charge in [-0.15, -0.1) is 0 Å². The molecule has 0 bridgehead atoms. The fraction of sp³-hybridized carbons (Fsp3) is 0.111. The van der Waals surface area contributed by atoms with Crippen LogP contribution in [0.1, 0.15) is 28.9 Å². The van der Waals surface area contributed by atoms with Crippen LogP contribution in [-0.4, -0.2) is 0 Å². The Morgan fingerprint density at radius 2 is 0.750 bits per heavy atom. The van der Waals surface area contributed by atoms with Gasteiger partial charge in [-0.05, 0) is 35.4 Å². The highest BCUT2D eigenvalue weighted by molar-refractivity contribution is 7.91. The molecule has 1 aliphatic heterocycles. The molecule has 4 aromatic rings. The first-order chi connectivity index (χ1) is 13.9. The molecule has 1 fully saturated rings. The van der Waals surface area contributed by atoms with Gasteiger partial charge in [-0.3, -0.25) is 0 Å². The Morgan fingerprint density at radius 1 is 0.429 bits per heavy atom. The molecular weight excluding hydrogens is 355 g/mol. The van der Waals surface area contributed by atoms with E-state index in [9.17, 15) is 0 Å². The Labute approximate surface area is 168 Å². The maximum Gasteiger partial charge on any atom is 0.109 e. The summed E-state index contributed by atoms with van der Waals surface area (Å²) in [6, 6.07) is 44.9. The van der Waals surface area contributed by atoms with Gasteiger partial charge in [0.05, 0.1) is 7.26 Å². The number of hydrogen-bond acceptors (Lipinski definition) is 0. The second-order valence-corrected chi connectivity index (χ2v) is 11.4. The lowest BCUT2D eigenvalue weighted by Crippen LogP contribution is -2.39. The molecule has 1 heterocycles. The van der Waals surface area contributed by atoms with E-state index in [2.05, 4.69) is 121 Å². The van der Waals surface area contributed by atoms with Crippen molar-refractivity contribution in [2.24, 2.45) is 0 Å². The Kier molecular flexibility index (Phi) is 4.59. The molecule has 0 saturated carbocycles. The summed E-state index contributed by atoms with van der Waals surface area (Å²) in [6.45, 7) is 0. The van der Waals surface area contributed by atoms with Gasteiger partial charge in [0.1, 0.15) is 21.9 Å². The zero-order valence-corrected chi connectivity index (χ0v) is 16.8. The Hall–Kier alpha value is -2.69. The Balaban J connectivity index is 1.77. The average molecular weight is 379 g/mol. The summed E-state index contributed by atoms with van der Waals surface area (Å²) in [5.74, 6) is 0. The summed E-state index contributed by atoms with van der Waals surface area (Å²) in [5, 5.41) is 3.05. The summed E-state index contributed by atoms with van der Waals surface area (Å²) in [6.07, 6.45) is 1.21. The van der Waals surface area contributed by atoms with Crippen molar-refractivity contribution in [2.45, 2.75) is 17.7 Å². The second kappa shape index (κ2) is 7.38. The highest BCUT2D eigenvalue weighted by atomic mass is 31.2. The lowest BCUT2D eigenvalue weighted by Gasteiger charge is -2.49. The highest BCUT2D eigenvalue weighted by Gasteiger charge is 2.66. The van der Waals surface area contributed by atoms with Crippen molar-refractivity contribution in [1.82, 2.24) is 0 Å². The van der Waals surface area contributed by atoms with Gasteiger partial charge in [0.25, 0.3) is 0 Å². The number of rotatable bonds is 4. The van der Waals surface area contributed by atoms with Crippen LogP contribution in [0.15, 0.2) is 121 Å². The van der Waals surface area contributed by atoms with Crippen LogP contribution in [0.25, 0.3) is 0 Å². The predicted octanol–water partition coefficient (Wildman–Crippen LogP) is 6.54. The molecule has 2 atom stereocenters. The fourth-order valence-corrected chi connectivity index (χ4v) is 10.4. The Bertz CT molecular complexity index is 940. The fourth-order valence-electron chi connectivity index (χ4n) is 4.93. The molecule has 1 saturated heterocycles. The van der Waals surface area contributed by atoms with Gasteiger partial charge in [-0.1, -0.05) is 97.1 Å². The van der Waals surface area contributed by atoms with Gasteiger partial charge in [0.15, 0.2) is 0 Å². The minimum Gasteiger partial charge on any atom is -0.0622 e. The van der Waals surface area contributed by atoms with Crippen molar-refractivity contribution in [3.63, 3.8) is 0 Å². The van der Waals surface area contributed by atoms with Crippen LogP contribution in [0, 0.1) is 0 Å².